The molecule has 2 aromatic rings. The molecule has 0 saturated carbocycles. The van der Waals surface area contributed by atoms with Crippen molar-refractivity contribution >= 4 is 9.84 Å². The highest BCUT2D eigenvalue weighted by Crippen LogP contribution is 2.18. The Bertz CT molecular complexity index is 697. The summed E-state index contributed by atoms with van der Waals surface area (Å²) in [6, 6.07) is 6.93. The Labute approximate surface area is 123 Å². The molecule has 114 valence electrons. The van der Waals surface area contributed by atoms with E-state index >= 15 is 0 Å². The van der Waals surface area contributed by atoms with Crippen molar-refractivity contribution in [3.05, 3.63) is 36.2 Å². The minimum Gasteiger partial charge on any atom is -0.497 e. The predicted octanol–water partition coefficient (Wildman–Crippen LogP) is 0.907. The second kappa shape index (κ2) is 6.68. The van der Waals surface area contributed by atoms with Crippen molar-refractivity contribution in [3.63, 3.8) is 0 Å². The average molecular weight is 311 g/mol. The highest BCUT2D eigenvalue weighted by atomic mass is 32.2. The number of methoxy groups -OCH3 is 2. The number of sulfone groups is 1. The van der Waals surface area contributed by atoms with Gasteiger partial charge in [0.1, 0.15) is 12.1 Å². The van der Waals surface area contributed by atoms with Crippen LogP contribution in [0.5, 0.6) is 5.75 Å². The summed E-state index contributed by atoms with van der Waals surface area (Å²) in [6.45, 7) is 0.774. The number of ether oxygens (including phenoxy) is 2. The molecule has 2 rings (SSSR count). The van der Waals surface area contributed by atoms with Gasteiger partial charge in [-0.15, -0.1) is 10.2 Å². The van der Waals surface area contributed by atoms with Crippen LogP contribution < -0.4 is 4.74 Å². The molecule has 0 spiro atoms. The summed E-state index contributed by atoms with van der Waals surface area (Å²) in [4.78, 5) is 0. The van der Waals surface area contributed by atoms with Gasteiger partial charge < -0.3 is 14.0 Å². The third-order valence-corrected chi connectivity index (χ3v) is 4.47. The summed E-state index contributed by atoms with van der Waals surface area (Å²) in [5.74, 6) is 0.458. The summed E-state index contributed by atoms with van der Waals surface area (Å²) in [7, 11) is -0.491. The number of nitrogens with zero attached hydrogens (tertiary/aromatic N) is 3. The van der Waals surface area contributed by atoms with Crippen LogP contribution in [0.2, 0.25) is 0 Å². The second-order valence-corrected chi connectivity index (χ2v) is 6.29. The van der Waals surface area contributed by atoms with Gasteiger partial charge in [0.05, 0.1) is 19.5 Å². The first kappa shape index (κ1) is 15.5. The summed E-state index contributed by atoms with van der Waals surface area (Å²) in [5, 5.41) is 7.33. The summed E-state index contributed by atoms with van der Waals surface area (Å²) in [6.07, 6.45) is 1.39. The normalized spacial score (nSPS) is 11.5. The number of hydrogen-bond acceptors (Lipinski definition) is 6. The Morgan fingerprint density at radius 2 is 2.10 bits per heavy atom. The van der Waals surface area contributed by atoms with Crippen molar-refractivity contribution in [2.75, 3.05) is 20.8 Å². The van der Waals surface area contributed by atoms with Gasteiger partial charge in [-0.05, 0) is 17.7 Å². The fourth-order valence-corrected chi connectivity index (χ4v) is 3.29. The van der Waals surface area contributed by atoms with Gasteiger partial charge in [0.15, 0.2) is 0 Å². The highest BCUT2D eigenvalue weighted by Gasteiger charge is 2.22. The first-order valence-electron chi connectivity index (χ1n) is 6.29. The van der Waals surface area contributed by atoms with Gasteiger partial charge >= 0.3 is 0 Å². The van der Waals surface area contributed by atoms with Crippen LogP contribution in [0.4, 0.5) is 0 Å². The van der Waals surface area contributed by atoms with E-state index in [1.165, 1.54) is 18.0 Å². The van der Waals surface area contributed by atoms with Gasteiger partial charge in [-0.1, -0.05) is 12.1 Å². The van der Waals surface area contributed by atoms with Crippen LogP contribution in [-0.4, -0.2) is 44.0 Å². The van der Waals surface area contributed by atoms with Crippen LogP contribution in [0.15, 0.2) is 35.7 Å². The Kier molecular flexibility index (Phi) is 4.92. The molecule has 21 heavy (non-hydrogen) atoms. The van der Waals surface area contributed by atoms with Gasteiger partial charge in [-0.3, -0.25) is 0 Å². The quantitative estimate of drug-likeness (QED) is 0.755. The van der Waals surface area contributed by atoms with Crippen LogP contribution >= 0.6 is 0 Å². The lowest BCUT2D eigenvalue weighted by Crippen LogP contribution is -2.14. The van der Waals surface area contributed by atoms with Gasteiger partial charge in [-0.2, -0.15) is 0 Å². The van der Waals surface area contributed by atoms with Gasteiger partial charge in [0.25, 0.3) is 0 Å². The topological polar surface area (TPSA) is 83.3 Å². The smallest absolute Gasteiger partial charge is 0.249 e. The molecule has 0 saturated heterocycles. The minimum absolute atomic E-state index is 0.0534. The van der Waals surface area contributed by atoms with Crippen molar-refractivity contribution in [2.45, 2.75) is 17.5 Å². The van der Waals surface area contributed by atoms with E-state index in [1.807, 2.05) is 0 Å². The fourth-order valence-electron chi connectivity index (χ4n) is 1.87. The van der Waals surface area contributed by atoms with Crippen molar-refractivity contribution in [1.29, 1.82) is 0 Å². The summed E-state index contributed by atoms with van der Waals surface area (Å²) < 4.78 is 36.4. The van der Waals surface area contributed by atoms with Crippen LogP contribution in [-0.2, 0) is 26.9 Å². The first-order chi connectivity index (χ1) is 10.1. The van der Waals surface area contributed by atoms with E-state index in [0.717, 1.165) is 0 Å². The molecule has 0 unspecified atom stereocenters. The second-order valence-electron chi connectivity index (χ2n) is 4.41. The molecule has 0 bridgehead atoms. The molecule has 7 nitrogen and oxygen atoms in total. The molecule has 1 aromatic carbocycles. The first-order valence-corrected chi connectivity index (χ1v) is 7.94. The monoisotopic (exact) mass is 311 g/mol. The van der Waals surface area contributed by atoms with Crippen LogP contribution in [0.3, 0.4) is 0 Å². The van der Waals surface area contributed by atoms with Crippen molar-refractivity contribution < 1.29 is 17.9 Å². The van der Waals surface area contributed by atoms with Gasteiger partial charge in [0, 0.05) is 13.7 Å². The van der Waals surface area contributed by atoms with Crippen LogP contribution in [0.1, 0.15) is 5.56 Å². The standard InChI is InChI=1S/C13H17N3O4S/c1-19-7-6-16-10-14-15-13(16)21(17,18)9-11-4-3-5-12(8-11)20-2/h3-5,8,10H,6-7,9H2,1-2H3. The van der Waals surface area contributed by atoms with E-state index in [0.29, 0.717) is 24.5 Å². The lowest BCUT2D eigenvalue weighted by atomic mass is 10.2. The Morgan fingerprint density at radius 3 is 2.81 bits per heavy atom. The average Bonchev–Trinajstić information content (AvgIpc) is 2.94. The molecule has 0 amide bonds. The molecule has 0 radical (unpaired) electrons. The number of aromatic nitrogens is 3. The molecular formula is C13H17N3O4S. The van der Waals surface area contributed by atoms with E-state index in [1.54, 1.807) is 31.4 Å². The molecule has 0 aliphatic rings. The third kappa shape index (κ3) is 3.79. The van der Waals surface area contributed by atoms with Crippen molar-refractivity contribution in [3.8, 4) is 5.75 Å². The zero-order valence-corrected chi connectivity index (χ0v) is 12.7. The van der Waals surface area contributed by atoms with Gasteiger partial charge in [-0.25, -0.2) is 8.42 Å². The maximum Gasteiger partial charge on any atom is 0.249 e. The SMILES string of the molecule is COCCn1cnnc1S(=O)(=O)Cc1cccc(OC)c1. The number of hydrogen-bond donors (Lipinski definition) is 0. The maximum absolute atomic E-state index is 12.4. The molecule has 8 heteroatoms. The minimum atomic E-state index is -3.58. The lowest BCUT2D eigenvalue weighted by molar-refractivity contribution is 0.184. The van der Waals surface area contributed by atoms with Crippen molar-refractivity contribution in [1.82, 2.24) is 14.8 Å². The molecule has 0 atom stereocenters. The molecule has 1 heterocycles. The van der Waals surface area contributed by atoms with E-state index in [-0.39, 0.29) is 10.9 Å². The molecule has 0 N–H and O–H groups in total. The van der Waals surface area contributed by atoms with E-state index in [4.69, 9.17) is 9.47 Å². The van der Waals surface area contributed by atoms with Crippen LogP contribution in [0, 0.1) is 0 Å². The molecular weight excluding hydrogens is 294 g/mol. The van der Waals surface area contributed by atoms with E-state index in [2.05, 4.69) is 10.2 Å². The number of benzene rings is 1. The largest absolute Gasteiger partial charge is 0.497 e. The summed E-state index contributed by atoms with van der Waals surface area (Å²) in [5.41, 5.74) is 0.635. The zero-order chi connectivity index (χ0) is 15.3. The molecule has 0 aliphatic heterocycles. The Morgan fingerprint density at radius 1 is 1.29 bits per heavy atom. The molecule has 0 aliphatic carbocycles. The van der Waals surface area contributed by atoms with E-state index in [9.17, 15) is 8.42 Å². The fraction of sp³-hybridized carbons (Fsp3) is 0.385. The number of rotatable bonds is 7. The predicted molar refractivity (Wildman–Crippen MR) is 75.8 cm³/mol. The Hall–Kier alpha value is -1.93. The van der Waals surface area contributed by atoms with Gasteiger partial charge in [0.2, 0.25) is 15.0 Å². The Balaban J connectivity index is 2.23. The van der Waals surface area contributed by atoms with Crippen molar-refractivity contribution in [2.24, 2.45) is 0 Å². The molecule has 1 aromatic heterocycles. The zero-order valence-electron chi connectivity index (χ0n) is 11.9. The maximum atomic E-state index is 12.4. The van der Waals surface area contributed by atoms with E-state index < -0.39 is 9.84 Å². The lowest BCUT2D eigenvalue weighted by Gasteiger charge is -2.08. The summed E-state index contributed by atoms with van der Waals surface area (Å²) >= 11 is 0. The third-order valence-electron chi connectivity index (χ3n) is 2.89. The highest BCUT2D eigenvalue weighted by molar-refractivity contribution is 7.90. The molecule has 0 fully saturated rings. The van der Waals surface area contributed by atoms with Crippen LogP contribution in [0.25, 0.3) is 0 Å².